The van der Waals surface area contributed by atoms with Crippen molar-refractivity contribution < 1.29 is 4.74 Å². The molecule has 3 heteroatoms. The Bertz CT molecular complexity index is 950. The third-order valence-corrected chi connectivity index (χ3v) is 12.6. The van der Waals surface area contributed by atoms with Gasteiger partial charge in [0, 0.05) is 5.70 Å². The van der Waals surface area contributed by atoms with E-state index in [1.54, 1.807) is 5.57 Å². The van der Waals surface area contributed by atoms with Gasteiger partial charge >= 0.3 is 0 Å². The number of fused-ring (bicyclic) bond motifs is 5. The molecule has 0 aromatic rings. The summed E-state index contributed by atoms with van der Waals surface area (Å²) in [5.41, 5.74) is 15.7. The molecular weight excluding hydrogens is 464 g/mol. The van der Waals surface area contributed by atoms with Crippen LogP contribution in [0.15, 0.2) is 35.6 Å². The van der Waals surface area contributed by atoms with Crippen molar-refractivity contribution in [3.8, 4) is 0 Å². The molecule has 0 bridgehead atoms. The summed E-state index contributed by atoms with van der Waals surface area (Å²) >= 11 is 0. The molecule has 0 amide bonds. The Morgan fingerprint density at radius 1 is 1.00 bits per heavy atom. The Morgan fingerprint density at radius 2 is 1.79 bits per heavy atom. The lowest BCUT2D eigenvalue weighted by Crippen LogP contribution is -2.53. The van der Waals surface area contributed by atoms with Crippen LogP contribution in [0, 0.1) is 46.3 Å². The van der Waals surface area contributed by atoms with Crippen LogP contribution < -0.4 is 11.5 Å². The van der Waals surface area contributed by atoms with Gasteiger partial charge in [0.15, 0.2) is 0 Å². The lowest BCUT2D eigenvalue weighted by Gasteiger charge is -2.58. The van der Waals surface area contributed by atoms with E-state index in [-0.39, 0.29) is 12.2 Å². The summed E-state index contributed by atoms with van der Waals surface area (Å²) in [5.74, 6) is 5.34. The number of ether oxygens (including phenoxy) is 1. The molecule has 0 heterocycles. The van der Waals surface area contributed by atoms with E-state index in [0.717, 1.165) is 60.5 Å². The first-order valence-electron chi connectivity index (χ1n) is 16.2. The van der Waals surface area contributed by atoms with Gasteiger partial charge in [0.25, 0.3) is 0 Å². The second-order valence-corrected chi connectivity index (χ2v) is 15.3. The Balaban J connectivity index is 1.24. The van der Waals surface area contributed by atoms with Gasteiger partial charge in [-0.3, -0.25) is 0 Å². The zero-order valence-electron chi connectivity index (χ0n) is 25.5. The summed E-state index contributed by atoms with van der Waals surface area (Å²) in [5, 5.41) is 0. The second-order valence-electron chi connectivity index (χ2n) is 15.3. The van der Waals surface area contributed by atoms with Gasteiger partial charge in [-0.05, 0) is 123 Å². The van der Waals surface area contributed by atoms with E-state index in [2.05, 4.69) is 53.7 Å². The molecule has 214 valence electrons. The molecule has 0 aliphatic heterocycles. The molecule has 3 nitrogen and oxygen atoms in total. The molecule has 10 atom stereocenters. The lowest BCUT2D eigenvalue weighted by atomic mass is 9.47. The number of allylic oxidation sites excluding steroid dienone is 2. The molecule has 5 aliphatic rings. The standard InChI is InChI=1S/C35H58N2O/c1-23(2)9-7-10-24(3)30-14-15-31-29-13-12-26-21-28(38-25(4)35(37)18-8-11-27(36)22-35)16-19-33(26,5)32(29)17-20-34(30,31)6/h8,11-12,22-25,28-32H,7,9-10,13-21,36-37H2,1-6H3/t24-,25?,28+,29+,30-,31+,32+,33+,34-,35?/m1/s1. The quantitative estimate of drug-likeness (QED) is 0.315. The van der Waals surface area contributed by atoms with Crippen LogP contribution in [0.25, 0.3) is 0 Å². The Labute approximate surface area is 234 Å². The molecule has 3 saturated carbocycles. The highest BCUT2D eigenvalue weighted by Crippen LogP contribution is 2.67. The van der Waals surface area contributed by atoms with Crippen molar-refractivity contribution in [3.63, 3.8) is 0 Å². The lowest BCUT2D eigenvalue weighted by molar-refractivity contribution is -0.0809. The first-order chi connectivity index (χ1) is 18.0. The normalized spacial score (nSPS) is 44.1. The Kier molecular flexibility index (Phi) is 8.04. The summed E-state index contributed by atoms with van der Waals surface area (Å²) in [6, 6.07) is 0. The van der Waals surface area contributed by atoms with E-state index >= 15 is 0 Å². The van der Waals surface area contributed by atoms with Crippen molar-refractivity contribution in [2.75, 3.05) is 0 Å². The second kappa shape index (κ2) is 10.7. The van der Waals surface area contributed by atoms with Crippen molar-refractivity contribution in [2.45, 2.75) is 136 Å². The minimum Gasteiger partial charge on any atom is -0.399 e. The van der Waals surface area contributed by atoms with Crippen molar-refractivity contribution in [1.29, 1.82) is 0 Å². The van der Waals surface area contributed by atoms with Crippen molar-refractivity contribution in [3.05, 3.63) is 35.6 Å². The SMILES string of the molecule is CC(C)CCC[C@@H](C)[C@H]1CC[C@H]2[C@@H]3CC=C4C[C@@H](OC(C)C5(N)C=C(N)C=CC5)CC[C@]4(C)[C@H]3CC[C@]12C. The summed E-state index contributed by atoms with van der Waals surface area (Å²) in [4.78, 5) is 0. The van der Waals surface area contributed by atoms with Crippen LogP contribution in [0.1, 0.15) is 119 Å². The van der Waals surface area contributed by atoms with Crippen LogP contribution in [0.4, 0.5) is 0 Å². The van der Waals surface area contributed by atoms with Crippen LogP contribution in [0.2, 0.25) is 0 Å². The third-order valence-electron chi connectivity index (χ3n) is 12.6. The van der Waals surface area contributed by atoms with Gasteiger partial charge in [-0.1, -0.05) is 71.6 Å². The van der Waals surface area contributed by atoms with Gasteiger partial charge in [-0.15, -0.1) is 0 Å². The van der Waals surface area contributed by atoms with Gasteiger partial charge in [-0.2, -0.15) is 0 Å². The van der Waals surface area contributed by atoms with Crippen LogP contribution in [-0.4, -0.2) is 17.7 Å². The fourth-order valence-corrected chi connectivity index (χ4v) is 10.3. The largest absolute Gasteiger partial charge is 0.399 e. The molecule has 4 N–H and O–H groups in total. The fourth-order valence-electron chi connectivity index (χ4n) is 10.3. The molecule has 0 saturated heterocycles. The summed E-state index contributed by atoms with van der Waals surface area (Å²) in [6.07, 6.45) is 24.7. The summed E-state index contributed by atoms with van der Waals surface area (Å²) in [6.45, 7) is 14.8. The minimum atomic E-state index is -0.496. The van der Waals surface area contributed by atoms with Gasteiger partial charge in [-0.25, -0.2) is 0 Å². The maximum absolute atomic E-state index is 6.74. The molecule has 0 spiro atoms. The smallest absolute Gasteiger partial charge is 0.0770 e. The van der Waals surface area contributed by atoms with Gasteiger partial charge in [0.2, 0.25) is 0 Å². The van der Waals surface area contributed by atoms with E-state index in [4.69, 9.17) is 16.2 Å². The summed E-state index contributed by atoms with van der Waals surface area (Å²) < 4.78 is 6.68. The Hall–Kier alpha value is -1.06. The van der Waals surface area contributed by atoms with E-state index in [1.807, 2.05) is 12.2 Å². The van der Waals surface area contributed by atoms with E-state index < -0.39 is 5.54 Å². The monoisotopic (exact) mass is 522 g/mol. The Morgan fingerprint density at radius 3 is 2.53 bits per heavy atom. The molecule has 0 radical (unpaired) electrons. The first kappa shape index (κ1) is 28.5. The highest BCUT2D eigenvalue weighted by molar-refractivity contribution is 5.29. The number of hydrogen-bond acceptors (Lipinski definition) is 3. The topological polar surface area (TPSA) is 61.3 Å². The predicted molar refractivity (Wildman–Crippen MR) is 160 cm³/mol. The average molecular weight is 523 g/mol. The van der Waals surface area contributed by atoms with E-state index in [1.165, 1.54) is 57.8 Å². The first-order valence-corrected chi connectivity index (χ1v) is 16.2. The predicted octanol–water partition coefficient (Wildman–Crippen LogP) is 8.30. The molecule has 5 aliphatic carbocycles. The van der Waals surface area contributed by atoms with Gasteiger partial charge in [0.05, 0.1) is 17.7 Å². The van der Waals surface area contributed by atoms with Crippen molar-refractivity contribution >= 4 is 0 Å². The zero-order valence-corrected chi connectivity index (χ0v) is 25.5. The van der Waals surface area contributed by atoms with Crippen LogP contribution in [0.5, 0.6) is 0 Å². The fraction of sp³-hybridized carbons (Fsp3) is 0.829. The number of hydrogen-bond donors (Lipinski definition) is 2. The van der Waals surface area contributed by atoms with Gasteiger partial charge in [0.1, 0.15) is 0 Å². The molecule has 0 aromatic heterocycles. The summed E-state index contributed by atoms with van der Waals surface area (Å²) in [7, 11) is 0. The molecule has 5 rings (SSSR count). The molecule has 38 heavy (non-hydrogen) atoms. The maximum atomic E-state index is 6.74. The van der Waals surface area contributed by atoms with Gasteiger partial charge < -0.3 is 16.2 Å². The third kappa shape index (κ3) is 5.09. The number of nitrogens with two attached hydrogens (primary N) is 2. The highest BCUT2D eigenvalue weighted by Gasteiger charge is 2.59. The number of rotatable bonds is 8. The molecule has 3 fully saturated rings. The maximum Gasteiger partial charge on any atom is 0.0770 e. The van der Waals surface area contributed by atoms with E-state index in [0.29, 0.717) is 10.8 Å². The van der Waals surface area contributed by atoms with Crippen LogP contribution in [-0.2, 0) is 4.74 Å². The van der Waals surface area contributed by atoms with Crippen LogP contribution in [0.3, 0.4) is 0 Å². The molecular formula is C35H58N2O. The van der Waals surface area contributed by atoms with E-state index in [9.17, 15) is 0 Å². The van der Waals surface area contributed by atoms with Crippen molar-refractivity contribution in [1.82, 2.24) is 0 Å². The van der Waals surface area contributed by atoms with Crippen molar-refractivity contribution in [2.24, 2.45) is 57.8 Å². The molecule has 2 unspecified atom stereocenters. The average Bonchev–Trinajstić information content (AvgIpc) is 3.21. The zero-order chi connectivity index (χ0) is 27.3. The minimum absolute atomic E-state index is 0.0365. The molecule has 0 aromatic carbocycles. The van der Waals surface area contributed by atoms with Crippen LogP contribution >= 0.6 is 0 Å². The highest BCUT2D eigenvalue weighted by atomic mass is 16.5.